The van der Waals surface area contributed by atoms with Gasteiger partial charge in [0.25, 0.3) is 0 Å². The third-order valence-electron chi connectivity index (χ3n) is 1.74. The van der Waals surface area contributed by atoms with Crippen LogP contribution in [0.4, 0.5) is 0 Å². The molecule has 5 nitrogen and oxygen atoms in total. The van der Waals surface area contributed by atoms with Gasteiger partial charge in [0.05, 0.1) is 0 Å². The molecule has 1 amide bonds. The summed E-state index contributed by atoms with van der Waals surface area (Å²) in [6.07, 6.45) is 0.686. The summed E-state index contributed by atoms with van der Waals surface area (Å²) in [6.45, 7) is 1.77. The van der Waals surface area contributed by atoms with Crippen molar-refractivity contribution in [3.8, 4) is 5.75 Å². The zero-order chi connectivity index (χ0) is 12.9. The average molecular weight is 278 g/mol. The summed E-state index contributed by atoms with van der Waals surface area (Å²) in [7, 11) is -4.11. The fourth-order valence-corrected chi connectivity index (χ4v) is 1.97. The quantitative estimate of drug-likeness (QED) is 0.892. The highest BCUT2D eigenvalue weighted by Gasteiger charge is 2.15. The zero-order valence-electron chi connectivity index (χ0n) is 9.14. The van der Waals surface area contributed by atoms with E-state index in [0.29, 0.717) is 11.4 Å². The van der Waals surface area contributed by atoms with E-state index in [2.05, 4.69) is 4.18 Å². The molecule has 0 heterocycles. The largest absolute Gasteiger partial charge is 0.409 e. The second-order valence-corrected chi connectivity index (χ2v) is 4.98. The number of amides is 1. The van der Waals surface area contributed by atoms with Crippen molar-refractivity contribution < 1.29 is 17.4 Å². The molecule has 17 heavy (non-hydrogen) atoms. The van der Waals surface area contributed by atoms with Crippen LogP contribution in [0.1, 0.15) is 19.8 Å². The Balaban J connectivity index is 2.66. The van der Waals surface area contributed by atoms with E-state index in [1.165, 1.54) is 24.3 Å². The van der Waals surface area contributed by atoms with Crippen molar-refractivity contribution in [2.75, 3.05) is 0 Å². The molecular weight excluding hydrogens is 266 g/mol. The van der Waals surface area contributed by atoms with Crippen LogP contribution >= 0.6 is 11.6 Å². The highest BCUT2D eigenvalue weighted by Crippen LogP contribution is 2.16. The number of hydrogen-bond acceptors (Lipinski definition) is 4. The van der Waals surface area contributed by atoms with Crippen LogP contribution in [0.3, 0.4) is 0 Å². The standard InChI is InChI=1S/C10H12ClNO4S/c1-2-3-10(13)12-17(14,15)16-9-6-4-8(11)5-7-9/h4-7H,2-3H2,1H3,(H,12,13). The summed E-state index contributed by atoms with van der Waals surface area (Å²) < 4.78 is 29.2. The van der Waals surface area contributed by atoms with Gasteiger partial charge in [-0.3, -0.25) is 4.79 Å². The predicted molar refractivity (Wildman–Crippen MR) is 64.1 cm³/mol. The molecule has 1 aromatic carbocycles. The average Bonchev–Trinajstić information content (AvgIpc) is 2.20. The minimum Gasteiger partial charge on any atom is -0.367 e. The van der Waals surface area contributed by atoms with Crippen LogP contribution in [-0.4, -0.2) is 14.3 Å². The monoisotopic (exact) mass is 277 g/mol. The topological polar surface area (TPSA) is 72.5 Å². The van der Waals surface area contributed by atoms with Gasteiger partial charge < -0.3 is 4.18 Å². The molecule has 0 radical (unpaired) electrons. The molecule has 0 spiro atoms. The summed E-state index contributed by atoms with van der Waals surface area (Å²) in [5, 5.41) is 0.463. The number of nitrogens with one attached hydrogen (secondary N) is 1. The zero-order valence-corrected chi connectivity index (χ0v) is 10.7. The van der Waals surface area contributed by atoms with E-state index in [1.807, 2.05) is 0 Å². The first kappa shape index (κ1) is 13.8. The number of carbonyl (C=O) groups excluding carboxylic acids is 1. The lowest BCUT2D eigenvalue weighted by molar-refractivity contribution is -0.119. The van der Waals surface area contributed by atoms with Gasteiger partial charge in [-0.25, -0.2) is 4.72 Å². The van der Waals surface area contributed by atoms with Gasteiger partial charge in [-0.15, -0.1) is 0 Å². The van der Waals surface area contributed by atoms with Crippen molar-refractivity contribution >= 4 is 27.8 Å². The summed E-state index contributed by atoms with van der Waals surface area (Å²) in [5.74, 6) is -0.507. The Labute approximate surface area is 105 Å². The maximum absolute atomic E-state index is 11.4. The van der Waals surface area contributed by atoms with Crippen LogP contribution < -0.4 is 8.91 Å². The normalized spacial score (nSPS) is 10.9. The van der Waals surface area contributed by atoms with E-state index in [4.69, 9.17) is 11.6 Å². The van der Waals surface area contributed by atoms with Gasteiger partial charge in [-0.2, -0.15) is 8.42 Å². The van der Waals surface area contributed by atoms with E-state index >= 15 is 0 Å². The summed E-state index contributed by atoms with van der Waals surface area (Å²) >= 11 is 5.63. The van der Waals surface area contributed by atoms with Crippen molar-refractivity contribution in [2.24, 2.45) is 0 Å². The fourth-order valence-electron chi connectivity index (χ4n) is 1.06. The molecule has 0 aromatic heterocycles. The van der Waals surface area contributed by atoms with Crippen molar-refractivity contribution in [1.82, 2.24) is 4.72 Å². The third kappa shape index (κ3) is 5.06. The number of rotatable bonds is 5. The molecule has 0 aliphatic carbocycles. The predicted octanol–water partition coefficient (Wildman–Crippen LogP) is 1.88. The minimum absolute atomic E-state index is 0.0891. The molecule has 0 bridgehead atoms. The van der Waals surface area contributed by atoms with E-state index in [1.54, 1.807) is 11.6 Å². The Hall–Kier alpha value is -1.27. The first-order valence-corrected chi connectivity index (χ1v) is 6.72. The Morgan fingerprint density at radius 2 is 1.94 bits per heavy atom. The second kappa shape index (κ2) is 5.88. The molecule has 0 saturated carbocycles. The Morgan fingerprint density at radius 1 is 1.35 bits per heavy atom. The van der Waals surface area contributed by atoms with Gasteiger partial charge in [0.2, 0.25) is 5.91 Å². The van der Waals surface area contributed by atoms with Crippen LogP contribution in [0, 0.1) is 0 Å². The Bertz CT molecular complexity index is 484. The summed E-state index contributed by atoms with van der Waals surface area (Å²) in [6, 6.07) is 5.76. The third-order valence-corrected chi connectivity index (χ3v) is 2.88. The SMILES string of the molecule is CCCC(=O)NS(=O)(=O)Oc1ccc(Cl)cc1. The lowest BCUT2D eigenvalue weighted by atomic mass is 10.3. The number of benzene rings is 1. The molecule has 7 heteroatoms. The highest BCUT2D eigenvalue weighted by molar-refractivity contribution is 7.85. The minimum atomic E-state index is -4.11. The molecule has 0 atom stereocenters. The van der Waals surface area contributed by atoms with Crippen LogP contribution in [-0.2, 0) is 15.1 Å². The van der Waals surface area contributed by atoms with E-state index in [-0.39, 0.29) is 12.2 Å². The second-order valence-electron chi connectivity index (χ2n) is 3.27. The number of carbonyl (C=O) groups is 1. The molecule has 94 valence electrons. The van der Waals surface area contributed by atoms with Gasteiger partial charge in [0.1, 0.15) is 5.75 Å². The van der Waals surface area contributed by atoms with Crippen LogP contribution in [0.15, 0.2) is 24.3 Å². The molecule has 0 saturated heterocycles. The Kier molecular flexibility index (Phi) is 4.77. The molecule has 0 aliphatic heterocycles. The van der Waals surface area contributed by atoms with Crippen LogP contribution in [0.5, 0.6) is 5.75 Å². The maximum Gasteiger partial charge on any atom is 0.409 e. The smallest absolute Gasteiger partial charge is 0.367 e. The lowest BCUT2D eigenvalue weighted by Gasteiger charge is -2.07. The number of halogens is 1. The van der Waals surface area contributed by atoms with Crippen LogP contribution in [0.25, 0.3) is 0 Å². The van der Waals surface area contributed by atoms with Gasteiger partial charge in [0.15, 0.2) is 0 Å². The summed E-state index contributed by atoms with van der Waals surface area (Å²) in [5.41, 5.74) is 0. The fraction of sp³-hybridized carbons (Fsp3) is 0.300. The molecule has 0 unspecified atom stereocenters. The maximum atomic E-state index is 11.4. The summed E-state index contributed by atoms with van der Waals surface area (Å²) in [4.78, 5) is 11.1. The van der Waals surface area contributed by atoms with Gasteiger partial charge in [-0.05, 0) is 30.7 Å². The van der Waals surface area contributed by atoms with Gasteiger partial charge in [0, 0.05) is 11.4 Å². The van der Waals surface area contributed by atoms with Crippen molar-refractivity contribution in [1.29, 1.82) is 0 Å². The number of hydrogen-bond donors (Lipinski definition) is 1. The molecule has 1 rings (SSSR count). The lowest BCUT2D eigenvalue weighted by Crippen LogP contribution is -2.33. The van der Waals surface area contributed by atoms with Gasteiger partial charge in [-0.1, -0.05) is 18.5 Å². The van der Waals surface area contributed by atoms with Crippen molar-refractivity contribution in [3.05, 3.63) is 29.3 Å². The van der Waals surface area contributed by atoms with Crippen molar-refractivity contribution in [2.45, 2.75) is 19.8 Å². The molecule has 1 aromatic rings. The molecule has 1 N–H and O–H groups in total. The van der Waals surface area contributed by atoms with E-state index in [9.17, 15) is 13.2 Å². The van der Waals surface area contributed by atoms with Gasteiger partial charge >= 0.3 is 10.3 Å². The van der Waals surface area contributed by atoms with E-state index in [0.717, 1.165) is 0 Å². The molecule has 0 aliphatic rings. The molecule has 0 fully saturated rings. The van der Waals surface area contributed by atoms with E-state index < -0.39 is 16.2 Å². The first-order valence-electron chi connectivity index (χ1n) is 4.93. The van der Waals surface area contributed by atoms with Crippen molar-refractivity contribution in [3.63, 3.8) is 0 Å². The van der Waals surface area contributed by atoms with Crippen LogP contribution in [0.2, 0.25) is 5.02 Å². The molecular formula is C10H12ClNO4S. The highest BCUT2D eigenvalue weighted by atomic mass is 35.5. The first-order chi connectivity index (χ1) is 7.93. The Morgan fingerprint density at radius 3 is 2.47 bits per heavy atom.